The van der Waals surface area contributed by atoms with E-state index in [1.807, 2.05) is 6.92 Å². The van der Waals surface area contributed by atoms with Crippen LogP contribution in [0.4, 0.5) is 4.39 Å². The van der Waals surface area contributed by atoms with Crippen LogP contribution in [0.1, 0.15) is 18.2 Å². The van der Waals surface area contributed by atoms with Gasteiger partial charge in [-0.1, -0.05) is 0 Å². The maximum atomic E-state index is 13.6. The van der Waals surface area contributed by atoms with Gasteiger partial charge in [0.1, 0.15) is 0 Å². The Morgan fingerprint density at radius 1 is 1.47 bits per heavy atom. The fraction of sp³-hybridized carbons (Fsp3) is 0.357. The maximum absolute atomic E-state index is 13.6. The number of H-pyrrole nitrogens is 1. The Balaban J connectivity index is 2.36. The third kappa shape index (κ3) is 2.70. The number of aromatic nitrogens is 1. The first-order chi connectivity index (χ1) is 9.02. The minimum atomic E-state index is -0.385. The fourth-order valence-corrected chi connectivity index (χ4v) is 2.23. The second-order valence-electron chi connectivity index (χ2n) is 4.49. The molecule has 0 radical (unpaired) electrons. The van der Waals surface area contributed by atoms with E-state index in [0.717, 1.165) is 22.2 Å². The quantitative estimate of drug-likeness (QED) is 0.890. The summed E-state index contributed by atoms with van der Waals surface area (Å²) in [6.07, 6.45) is 0.695. The summed E-state index contributed by atoms with van der Waals surface area (Å²) in [5.41, 5.74) is 2.80. The number of benzene rings is 1. The first-order valence-corrected chi connectivity index (χ1v) is 6.12. The van der Waals surface area contributed by atoms with E-state index in [1.54, 1.807) is 6.07 Å². The number of ether oxygens (including phenoxy) is 1. The average molecular weight is 264 g/mol. The van der Waals surface area contributed by atoms with Gasteiger partial charge in [0.25, 0.3) is 0 Å². The first kappa shape index (κ1) is 13.4. The summed E-state index contributed by atoms with van der Waals surface area (Å²) in [5, 5.41) is 3.69. The van der Waals surface area contributed by atoms with Crippen molar-refractivity contribution in [2.45, 2.75) is 20.3 Å². The molecule has 0 bridgehead atoms. The van der Waals surface area contributed by atoms with Gasteiger partial charge in [0.15, 0.2) is 11.6 Å². The van der Waals surface area contributed by atoms with Crippen molar-refractivity contribution >= 4 is 16.8 Å². The Hall–Kier alpha value is -2.04. The van der Waals surface area contributed by atoms with Crippen LogP contribution in [-0.4, -0.2) is 24.5 Å². The molecule has 4 nitrogen and oxygen atoms in total. The van der Waals surface area contributed by atoms with Gasteiger partial charge in [-0.05, 0) is 25.0 Å². The number of hydrogen-bond donors (Lipinski definition) is 2. The topological polar surface area (TPSA) is 54.1 Å². The Labute approximate surface area is 111 Å². The number of nitrogens with one attached hydrogen (secondary N) is 2. The maximum Gasteiger partial charge on any atom is 0.216 e. The number of aryl methyl sites for hydroxylation is 1. The van der Waals surface area contributed by atoms with Crippen LogP contribution in [0.2, 0.25) is 0 Å². The first-order valence-electron chi connectivity index (χ1n) is 6.12. The molecule has 102 valence electrons. The monoisotopic (exact) mass is 264 g/mol. The van der Waals surface area contributed by atoms with E-state index in [9.17, 15) is 9.18 Å². The summed E-state index contributed by atoms with van der Waals surface area (Å²) in [7, 11) is 1.45. The van der Waals surface area contributed by atoms with Gasteiger partial charge in [-0.3, -0.25) is 4.79 Å². The van der Waals surface area contributed by atoms with Crippen molar-refractivity contribution in [3.05, 3.63) is 29.2 Å². The lowest BCUT2D eigenvalue weighted by atomic mass is 10.1. The molecule has 1 heterocycles. The lowest BCUT2D eigenvalue weighted by molar-refractivity contribution is -0.118. The molecule has 1 amide bonds. The van der Waals surface area contributed by atoms with Crippen molar-refractivity contribution in [1.82, 2.24) is 10.3 Å². The number of hydrogen-bond acceptors (Lipinski definition) is 2. The van der Waals surface area contributed by atoms with Gasteiger partial charge in [-0.2, -0.15) is 0 Å². The molecular formula is C14H17FN2O2. The highest BCUT2D eigenvalue weighted by Gasteiger charge is 2.12. The van der Waals surface area contributed by atoms with Crippen molar-refractivity contribution in [1.29, 1.82) is 0 Å². The minimum absolute atomic E-state index is 0.0545. The summed E-state index contributed by atoms with van der Waals surface area (Å²) in [6, 6.07) is 3.13. The van der Waals surface area contributed by atoms with E-state index < -0.39 is 0 Å². The Bertz CT molecular complexity index is 619. The number of fused-ring (bicyclic) bond motifs is 1. The van der Waals surface area contributed by atoms with Crippen molar-refractivity contribution in [2.75, 3.05) is 13.7 Å². The van der Waals surface area contributed by atoms with Gasteiger partial charge in [-0.25, -0.2) is 4.39 Å². The Morgan fingerprint density at radius 3 is 2.84 bits per heavy atom. The SMILES string of the molecule is COc1cc2c(CCNC(C)=O)c(C)[nH]c2cc1F. The normalized spacial score (nSPS) is 10.7. The highest BCUT2D eigenvalue weighted by atomic mass is 19.1. The van der Waals surface area contributed by atoms with E-state index in [-0.39, 0.29) is 17.5 Å². The molecule has 0 fully saturated rings. The molecule has 0 aliphatic carbocycles. The third-order valence-electron chi connectivity index (χ3n) is 3.14. The zero-order valence-corrected chi connectivity index (χ0v) is 11.3. The van der Waals surface area contributed by atoms with Crippen molar-refractivity contribution in [3.8, 4) is 5.75 Å². The smallest absolute Gasteiger partial charge is 0.216 e. The van der Waals surface area contributed by atoms with Crippen LogP contribution in [0.25, 0.3) is 10.9 Å². The molecule has 0 saturated carbocycles. The van der Waals surface area contributed by atoms with E-state index in [1.165, 1.54) is 20.1 Å². The number of amides is 1. The number of rotatable bonds is 4. The molecule has 2 rings (SSSR count). The van der Waals surface area contributed by atoms with Gasteiger partial charge < -0.3 is 15.0 Å². The number of aromatic amines is 1. The highest BCUT2D eigenvalue weighted by Crippen LogP contribution is 2.29. The van der Waals surface area contributed by atoms with Gasteiger partial charge >= 0.3 is 0 Å². The van der Waals surface area contributed by atoms with E-state index in [0.29, 0.717) is 13.0 Å². The van der Waals surface area contributed by atoms with Gasteiger partial charge in [0.2, 0.25) is 5.91 Å². The van der Waals surface area contributed by atoms with E-state index >= 15 is 0 Å². The van der Waals surface area contributed by atoms with Crippen LogP contribution in [0.15, 0.2) is 12.1 Å². The predicted molar refractivity (Wildman–Crippen MR) is 71.9 cm³/mol. The summed E-state index contributed by atoms with van der Waals surface area (Å²) in [4.78, 5) is 14.0. The van der Waals surface area contributed by atoms with Gasteiger partial charge in [-0.15, -0.1) is 0 Å². The van der Waals surface area contributed by atoms with E-state index in [4.69, 9.17) is 4.74 Å². The lowest BCUT2D eigenvalue weighted by Crippen LogP contribution is -2.22. The second kappa shape index (κ2) is 5.30. The molecule has 2 N–H and O–H groups in total. The highest BCUT2D eigenvalue weighted by molar-refractivity contribution is 5.86. The zero-order chi connectivity index (χ0) is 14.0. The standard InChI is InChI=1S/C14H17FN2O2/c1-8-10(4-5-16-9(2)18)11-6-14(19-3)12(15)7-13(11)17-8/h6-7,17H,4-5H2,1-3H3,(H,16,18). The van der Waals surface area contributed by atoms with Crippen LogP contribution in [0.5, 0.6) is 5.75 Å². The van der Waals surface area contributed by atoms with Gasteiger partial charge in [0, 0.05) is 36.1 Å². The number of carbonyl (C=O) groups excluding carboxylic acids is 1. The molecule has 0 aliphatic rings. The molecule has 0 atom stereocenters. The predicted octanol–water partition coefficient (Wildman–Crippen LogP) is 2.30. The molecule has 0 saturated heterocycles. The zero-order valence-electron chi connectivity index (χ0n) is 11.3. The van der Waals surface area contributed by atoms with Crippen LogP contribution in [0, 0.1) is 12.7 Å². The van der Waals surface area contributed by atoms with Crippen LogP contribution in [0.3, 0.4) is 0 Å². The number of halogens is 1. The molecule has 5 heteroatoms. The Morgan fingerprint density at radius 2 is 2.21 bits per heavy atom. The molecule has 1 aromatic carbocycles. The largest absolute Gasteiger partial charge is 0.494 e. The fourth-order valence-electron chi connectivity index (χ4n) is 2.23. The van der Waals surface area contributed by atoms with Crippen molar-refractivity contribution in [3.63, 3.8) is 0 Å². The average Bonchev–Trinajstić information content (AvgIpc) is 2.63. The van der Waals surface area contributed by atoms with Crippen LogP contribution >= 0.6 is 0 Å². The Kier molecular flexibility index (Phi) is 3.74. The van der Waals surface area contributed by atoms with Gasteiger partial charge in [0.05, 0.1) is 7.11 Å². The lowest BCUT2D eigenvalue weighted by Gasteiger charge is -2.05. The molecule has 0 unspecified atom stereocenters. The number of methoxy groups -OCH3 is 1. The molecular weight excluding hydrogens is 247 g/mol. The van der Waals surface area contributed by atoms with Crippen LogP contribution < -0.4 is 10.1 Å². The molecule has 0 spiro atoms. The second-order valence-corrected chi connectivity index (χ2v) is 4.49. The summed E-state index contributed by atoms with van der Waals surface area (Å²) < 4.78 is 18.6. The number of carbonyl (C=O) groups is 1. The van der Waals surface area contributed by atoms with Crippen molar-refractivity contribution < 1.29 is 13.9 Å². The van der Waals surface area contributed by atoms with E-state index in [2.05, 4.69) is 10.3 Å². The van der Waals surface area contributed by atoms with Crippen LogP contribution in [-0.2, 0) is 11.2 Å². The molecule has 2 aromatic rings. The minimum Gasteiger partial charge on any atom is -0.494 e. The molecule has 1 aromatic heterocycles. The summed E-state index contributed by atoms with van der Waals surface area (Å²) in [5.74, 6) is -0.210. The van der Waals surface area contributed by atoms with Crippen molar-refractivity contribution in [2.24, 2.45) is 0 Å². The third-order valence-corrected chi connectivity index (χ3v) is 3.14. The summed E-state index contributed by atoms with van der Waals surface area (Å²) >= 11 is 0. The summed E-state index contributed by atoms with van der Waals surface area (Å²) in [6.45, 7) is 3.98. The molecule has 0 aliphatic heterocycles. The molecule has 19 heavy (non-hydrogen) atoms.